The molecule has 1 amide bonds. The molecule has 0 aliphatic carbocycles. The van der Waals surface area contributed by atoms with Crippen molar-refractivity contribution in [3.8, 4) is 11.5 Å². The summed E-state index contributed by atoms with van der Waals surface area (Å²) < 4.78 is 11.7. The number of amides is 1. The predicted octanol–water partition coefficient (Wildman–Crippen LogP) is 3.90. The zero-order chi connectivity index (χ0) is 20.8. The van der Waals surface area contributed by atoms with Crippen molar-refractivity contribution in [2.75, 3.05) is 20.3 Å². The van der Waals surface area contributed by atoms with E-state index in [1.54, 1.807) is 18.2 Å². The molecule has 150 valence electrons. The summed E-state index contributed by atoms with van der Waals surface area (Å²) in [7, 11) is 1.53. The summed E-state index contributed by atoms with van der Waals surface area (Å²) in [5.41, 5.74) is 1.47. The molecule has 1 N–H and O–H groups in total. The third kappa shape index (κ3) is 5.08. The molecule has 0 fully saturated rings. The van der Waals surface area contributed by atoms with E-state index in [9.17, 15) is 14.9 Å². The van der Waals surface area contributed by atoms with Gasteiger partial charge in [-0.25, -0.2) is 4.98 Å². The average Bonchev–Trinajstić information content (AvgIpc) is 3.13. The summed E-state index contributed by atoms with van der Waals surface area (Å²) in [5.74, 6) is 0.786. The van der Waals surface area contributed by atoms with Crippen LogP contribution in [-0.4, -0.2) is 36.1 Å². The number of carbonyl (C=O) groups excluding carboxylic acids is 1. The van der Waals surface area contributed by atoms with Crippen LogP contribution in [0.5, 0.6) is 11.5 Å². The fourth-order valence-electron chi connectivity index (χ4n) is 2.58. The molecule has 1 heterocycles. The number of likely N-dealkylation sites (N-methyl/N-ethyl adjacent to an activating group) is 1. The Kier molecular flexibility index (Phi) is 6.40. The Labute approximate surface area is 170 Å². The van der Waals surface area contributed by atoms with Gasteiger partial charge in [-0.15, -0.1) is 11.3 Å². The van der Waals surface area contributed by atoms with Gasteiger partial charge in [0.1, 0.15) is 5.01 Å². The first-order chi connectivity index (χ1) is 14.0. The number of nitro benzene ring substituents is 1. The summed E-state index contributed by atoms with van der Waals surface area (Å²) in [4.78, 5) is 26.4. The molecule has 0 aliphatic rings. The van der Waals surface area contributed by atoms with E-state index in [0.717, 1.165) is 15.3 Å². The lowest BCUT2D eigenvalue weighted by Gasteiger charge is -2.11. The summed E-state index contributed by atoms with van der Waals surface area (Å²) in [6.45, 7) is 2.30. The molecule has 0 radical (unpaired) electrons. The van der Waals surface area contributed by atoms with E-state index >= 15 is 0 Å². The van der Waals surface area contributed by atoms with E-state index in [1.807, 2.05) is 25.1 Å². The van der Waals surface area contributed by atoms with E-state index in [0.29, 0.717) is 23.6 Å². The highest BCUT2D eigenvalue weighted by atomic mass is 32.1. The number of nitrogens with one attached hydrogen (secondary N) is 1. The molecule has 0 bridgehead atoms. The first-order valence-electron chi connectivity index (χ1n) is 8.80. The van der Waals surface area contributed by atoms with Crippen LogP contribution in [0.2, 0.25) is 0 Å². The zero-order valence-electron chi connectivity index (χ0n) is 15.9. The van der Waals surface area contributed by atoms with Crippen molar-refractivity contribution in [2.45, 2.75) is 6.92 Å². The molecular formula is C20H19N3O5S. The fraction of sp³-hybridized carbons (Fsp3) is 0.200. The van der Waals surface area contributed by atoms with Gasteiger partial charge < -0.3 is 14.8 Å². The van der Waals surface area contributed by atoms with Crippen molar-refractivity contribution in [2.24, 2.45) is 0 Å². The predicted molar refractivity (Wildman–Crippen MR) is 112 cm³/mol. The van der Waals surface area contributed by atoms with Crippen molar-refractivity contribution >= 4 is 45.3 Å². The minimum atomic E-state index is -0.434. The van der Waals surface area contributed by atoms with Gasteiger partial charge in [0.2, 0.25) is 0 Å². The van der Waals surface area contributed by atoms with Crippen molar-refractivity contribution in [1.29, 1.82) is 0 Å². The number of hydrogen-bond acceptors (Lipinski definition) is 7. The fourth-order valence-corrected chi connectivity index (χ4v) is 3.44. The Morgan fingerprint density at radius 1 is 1.24 bits per heavy atom. The van der Waals surface area contributed by atoms with Crippen LogP contribution in [0.25, 0.3) is 22.4 Å². The van der Waals surface area contributed by atoms with Gasteiger partial charge in [0.25, 0.3) is 11.6 Å². The highest BCUT2D eigenvalue weighted by Gasteiger charge is 2.10. The molecule has 9 heteroatoms. The van der Waals surface area contributed by atoms with Crippen LogP contribution in [-0.2, 0) is 4.79 Å². The lowest BCUT2D eigenvalue weighted by atomic mass is 10.2. The van der Waals surface area contributed by atoms with Crippen LogP contribution < -0.4 is 14.8 Å². The van der Waals surface area contributed by atoms with Crippen molar-refractivity contribution in [3.63, 3.8) is 0 Å². The maximum absolute atomic E-state index is 11.5. The maximum Gasteiger partial charge on any atom is 0.271 e. The summed E-state index contributed by atoms with van der Waals surface area (Å²) >= 11 is 1.45. The van der Waals surface area contributed by atoms with Gasteiger partial charge >= 0.3 is 0 Å². The standard InChI is InChI=1S/C20H19N3O5S/c1-3-21-19(24)12-28-16-7-4-13(10-17(16)27-2)5-9-20-22-15-11-14(23(25)26)6-8-18(15)29-20/h4-11H,3,12H2,1-2H3,(H,21,24)/b9-5+. The normalized spacial score (nSPS) is 11.0. The largest absolute Gasteiger partial charge is 0.493 e. The molecule has 0 aliphatic heterocycles. The smallest absolute Gasteiger partial charge is 0.271 e. The number of benzene rings is 2. The van der Waals surface area contributed by atoms with E-state index in [1.165, 1.54) is 30.6 Å². The van der Waals surface area contributed by atoms with Gasteiger partial charge in [0.05, 0.1) is 22.2 Å². The number of nitrogens with zero attached hydrogens (tertiary/aromatic N) is 2. The molecule has 0 spiro atoms. The Balaban J connectivity index is 1.75. The van der Waals surface area contributed by atoms with Gasteiger partial charge in [-0.3, -0.25) is 14.9 Å². The van der Waals surface area contributed by atoms with Gasteiger partial charge in [-0.05, 0) is 36.8 Å². The Morgan fingerprint density at radius 2 is 2.07 bits per heavy atom. The molecule has 29 heavy (non-hydrogen) atoms. The number of aromatic nitrogens is 1. The highest BCUT2D eigenvalue weighted by molar-refractivity contribution is 7.19. The van der Waals surface area contributed by atoms with E-state index in [4.69, 9.17) is 9.47 Å². The molecule has 0 unspecified atom stereocenters. The maximum atomic E-state index is 11.5. The monoisotopic (exact) mass is 413 g/mol. The summed E-state index contributed by atoms with van der Waals surface area (Å²) in [6.07, 6.45) is 3.70. The third-order valence-corrected chi connectivity index (χ3v) is 4.94. The molecule has 0 atom stereocenters. The van der Waals surface area contributed by atoms with Gasteiger partial charge in [-0.2, -0.15) is 0 Å². The second kappa shape index (κ2) is 9.16. The second-order valence-electron chi connectivity index (χ2n) is 5.95. The topological polar surface area (TPSA) is 104 Å². The van der Waals surface area contributed by atoms with Crippen molar-refractivity contribution in [3.05, 3.63) is 57.1 Å². The summed E-state index contributed by atoms with van der Waals surface area (Å²) in [6, 6.07) is 10.0. The average molecular weight is 413 g/mol. The van der Waals surface area contributed by atoms with Crippen LogP contribution in [0, 0.1) is 10.1 Å². The van der Waals surface area contributed by atoms with Gasteiger partial charge in [0.15, 0.2) is 18.1 Å². The molecule has 3 aromatic rings. The highest BCUT2D eigenvalue weighted by Crippen LogP contribution is 2.30. The number of non-ortho nitro benzene ring substituents is 1. The van der Waals surface area contributed by atoms with Gasteiger partial charge in [0, 0.05) is 18.7 Å². The second-order valence-corrected chi connectivity index (χ2v) is 7.01. The number of carbonyl (C=O) groups is 1. The molecule has 0 saturated heterocycles. The number of nitro groups is 1. The van der Waals surface area contributed by atoms with Crippen molar-refractivity contribution < 1.29 is 19.2 Å². The lowest BCUT2D eigenvalue weighted by molar-refractivity contribution is -0.384. The number of rotatable bonds is 8. The van der Waals surface area contributed by atoms with Crippen LogP contribution in [0.4, 0.5) is 5.69 Å². The minimum absolute atomic E-state index is 0.0197. The van der Waals surface area contributed by atoms with Gasteiger partial charge in [-0.1, -0.05) is 12.1 Å². The zero-order valence-corrected chi connectivity index (χ0v) is 16.7. The lowest BCUT2D eigenvalue weighted by Crippen LogP contribution is -2.28. The Bertz CT molecular complexity index is 1080. The Hall–Kier alpha value is -3.46. The quantitative estimate of drug-likeness (QED) is 0.444. The molecule has 0 saturated carbocycles. The molecule has 8 nitrogen and oxygen atoms in total. The Morgan fingerprint density at radius 3 is 2.79 bits per heavy atom. The first-order valence-corrected chi connectivity index (χ1v) is 9.62. The van der Waals surface area contributed by atoms with E-state index in [-0.39, 0.29) is 18.2 Å². The summed E-state index contributed by atoms with van der Waals surface area (Å²) in [5, 5.41) is 14.3. The molecular weight excluding hydrogens is 394 g/mol. The number of methoxy groups -OCH3 is 1. The first kappa shape index (κ1) is 20.3. The SMILES string of the molecule is CCNC(=O)COc1ccc(/C=C/c2nc3cc([N+](=O)[O-])ccc3s2)cc1OC. The number of hydrogen-bond donors (Lipinski definition) is 1. The van der Waals surface area contributed by atoms with Crippen molar-refractivity contribution in [1.82, 2.24) is 10.3 Å². The number of ether oxygens (including phenoxy) is 2. The number of thiazole rings is 1. The molecule has 1 aromatic heterocycles. The van der Waals surface area contributed by atoms with E-state index in [2.05, 4.69) is 10.3 Å². The number of fused-ring (bicyclic) bond motifs is 1. The van der Waals surface area contributed by atoms with Crippen LogP contribution in [0.1, 0.15) is 17.5 Å². The van der Waals surface area contributed by atoms with E-state index < -0.39 is 4.92 Å². The molecule has 3 rings (SSSR count). The van der Waals surface area contributed by atoms with Crippen LogP contribution >= 0.6 is 11.3 Å². The molecule has 2 aromatic carbocycles. The minimum Gasteiger partial charge on any atom is -0.493 e. The van der Waals surface area contributed by atoms with Crippen LogP contribution in [0.3, 0.4) is 0 Å². The third-order valence-electron chi connectivity index (χ3n) is 3.94. The van der Waals surface area contributed by atoms with Crippen LogP contribution in [0.15, 0.2) is 36.4 Å².